The topological polar surface area (TPSA) is 41.1 Å². The van der Waals surface area contributed by atoms with Gasteiger partial charge in [0.05, 0.1) is 0 Å². The van der Waals surface area contributed by atoms with Crippen LogP contribution in [0.1, 0.15) is 38.8 Å². The van der Waals surface area contributed by atoms with Crippen LogP contribution in [-0.2, 0) is 6.42 Å². The molecular weight excluding hydrogens is 248 g/mol. The Morgan fingerprint density at radius 2 is 2.00 bits per heavy atom. The zero-order valence-electron chi connectivity index (χ0n) is 13.2. The summed E-state index contributed by atoms with van der Waals surface area (Å²) < 4.78 is 0. The van der Waals surface area contributed by atoms with Gasteiger partial charge in [-0.1, -0.05) is 56.2 Å². The maximum Gasteiger partial charge on any atom is 0.318 e. The highest BCUT2D eigenvalue weighted by Gasteiger charge is 2.12. The number of aryl methyl sites for hydroxylation is 1. The molecule has 0 aliphatic rings. The van der Waals surface area contributed by atoms with Crippen molar-refractivity contribution in [1.29, 1.82) is 0 Å². The van der Waals surface area contributed by atoms with E-state index in [9.17, 15) is 4.79 Å². The fourth-order valence-electron chi connectivity index (χ4n) is 1.63. The number of nitrogens with one attached hydrogen (secondary N) is 2. The van der Waals surface area contributed by atoms with Crippen molar-refractivity contribution < 1.29 is 4.79 Å². The quantitative estimate of drug-likeness (QED) is 0.861. The lowest BCUT2D eigenvalue weighted by Crippen LogP contribution is -2.34. The van der Waals surface area contributed by atoms with Crippen molar-refractivity contribution in [3.63, 3.8) is 0 Å². The average Bonchev–Trinajstić information content (AvgIpc) is 2.35. The van der Waals surface area contributed by atoms with Crippen LogP contribution in [0.5, 0.6) is 0 Å². The normalized spacial score (nSPS) is 12.2. The van der Waals surface area contributed by atoms with E-state index < -0.39 is 0 Å². The van der Waals surface area contributed by atoms with Gasteiger partial charge in [-0.25, -0.2) is 4.79 Å². The molecule has 3 heteroatoms. The molecule has 1 aromatic rings. The molecule has 0 heterocycles. The summed E-state index contributed by atoms with van der Waals surface area (Å²) in [5.41, 5.74) is 3.71. The molecule has 0 atom stereocenters. The Kier molecular flexibility index (Phi) is 5.81. The van der Waals surface area contributed by atoms with Gasteiger partial charge in [-0.3, -0.25) is 0 Å². The minimum atomic E-state index is -0.152. The molecule has 2 amide bonds. The molecule has 1 rings (SSSR count). The number of rotatable bonds is 4. The number of benzene rings is 1. The van der Waals surface area contributed by atoms with E-state index >= 15 is 0 Å². The molecule has 0 unspecified atom stereocenters. The first-order chi connectivity index (χ1) is 9.29. The third-order valence-electron chi connectivity index (χ3n) is 3.38. The van der Waals surface area contributed by atoms with Gasteiger partial charge < -0.3 is 10.6 Å². The van der Waals surface area contributed by atoms with Crippen molar-refractivity contribution in [3.05, 3.63) is 47.2 Å². The summed E-state index contributed by atoms with van der Waals surface area (Å²) in [5, 5.41) is 5.64. The molecule has 0 saturated carbocycles. The van der Waals surface area contributed by atoms with E-state index in [0.29, 0.717) is 6.54 Å². The fourth-order valence-corrected chi connectivity index (χ4v) is 1.63. The summed E-state index contributed by atoms with van der Waals surface area (Å²) in [4.78, 5) is 11.7. The molecule has 1 aromatic carbocycles. The van der Waals surface area contributed by atoms with Crippen LogP contribution < -0.4 is 10.6 Å². The molecule has 0 fully saturated rings. The van der Waals surface area contributed by atoms with E-state index in [1.807, 2.05) is 13.0 Å². The van der Waals surface area contributed by atoms with Gasteiger partial charge in [-0.05, 0) is 31.2 Å². The molecule has 3 nitrogen and oxygen atoms in total. The van der Waals surface area contributed by atoms with Gasteiger partial charge in [-0.15, -0.1) is 0 Å². The number of carbonyl (C=O) groups excluding carboxylic acids is 1. The van der Waals surface area contributed by atoms with Gasteiger partial charge in [-0.2, -0.15) is 0 Å². The minimum Gasteiger partial charge on any atom is -0.338 e. The Hall–Kier alpha value is -1.77. The second-order valence-corrected chi connectivity index (χ2v) is 6.22. The molecule has 0 spiro atoms. The summed E-state index contributed by atoms with van der Waals surface area (Å²) in [6.45, 7) is 11.1. The van der Waals surface area contributed by atoms with Gasteiger partial charge in [0.15, 0.2) is 0 Å². The average molecular weight is 274 g/mol. The van der Waals surface area contributed by atoms with E-state index in [2.05, 4.69) is 56.5 Å². The van der Waals surface area contributed by atoms with Crippen molar-refractivity contribution in [3.8, 4) is 0 Å². The molecular formula is C17H26N2O. The highest BCUT2D eigenvalue weighted by molar-refractivity contribution is 5.74. The summed E-state index contributed by atoms with van der Waals surface area (Å²) >= 11 is 0. The number of hydrogen-bond acceptors (Lipinski definition) is 1. The van der Waals surface area contributed by atoms with Crippen LogP contribution in [-0.4, -0.2) is 12.6 Å². The van der Waals surface area contributed by atoms with Crippen molar-refractivity contribution >= 4 is 6.03 Å². The SMILES string of the molecule is C/C(=C\NC(=O)NCCc1cccc(C)c1)C(C)(C)C. The van der Waals surface area contributed by atoms with E-state index in [1.165, 1.54) is 11.1 Å². The monoisotopic (exact) mass is 274 g/mol. The highest BCUT2D eigenvalue weighted by Crippen LogP contribution is 2.23. The standard InChI is InChI=1S/C17H26N2O/c1-13-7-6-8-15(11-13)9-10-18-16(20)19-12-14(2)17(3,4)5/h6-8,11-12H,9-10H2,1-5H3,(H2,18,19,20)/b14-12+. The van der Waals surface area contributed by atoms with Crippen molar-refractivity contribution in [2.45, 2.75) is 41.0 Å². The van der Waals surface area contributed by atoms with Gasteiger partial charge in [0.1, 0.15) is 0 Å². The van der Waals surface area contributed by atoms with Crippen LogP contribution in [0.2, 0.25) is 0 Å². The second kappa shape index (κ2) is 7.13. The lowest BCUT2D eigenvalue weighted by Gasteiger charge is -2.19. The first kappa shape index (κ1) is 16.3. The Morgan fingerprint density at radius 1 is 1.30 bits per heavy atom. The smallest absolute Gasteiger partial charge is 0.318 e. The highest BCUT2D eigenvalue weighted by atomic mass is 16.2. The Morgan fingerprint density at radius 3 is 2.60 bits per heavy atom. The van der Waals surface area contributed by atoms with Crippen LogP contribution >= 0.6 is 0 Å². The maximum atomic E-state index is 11.7. The molecule has 0 radical (unpaired) electrons. The number of amides is 2. The predicted octanol–water partition coefficient (Wildman–Crippen LogP) is 3.79. The lowest BCUT2D eigenvalue weighted by atomic mass is 9.88. The largest absolute Gasteiger partial charge is 0.338 e. The molecule has 0 aromatic heterocycles. The Bertz CT molecular complexity index is 484. The Labute approximate surface area is 122 Å². The zero-order chi connectivity index (χ0) is 15.2. The second-order valence-electron chi connectivity index (χ2n) is 6.22. The van der Waals surface area contributed by atoms with Crippen LogP contribution in [0, 0.1) is 12.3 Å². The molecule has 0 aliphatic carbocycles. The molecule has 0 bridgehead atoms. The van der Waals surface area contributed by atoms with Gasteiger partial charge in [0.25, 0.3) is 0 Å². The lowest BCUT2D eigenvalue weighted by molar-refractivity contribution is 0.244. The van der Waals surface area contributed by atoms with Crippen molar-refractivity contribution in [2.24, 2.45) is 5.41 Å². The minimum absolute atomic E-state index is 0.0782. The number of urea groups is 1. The van der Waals surface area contributed by atoms with Gasteiger partial charge >= 0.3 is 6.03 Å². The molecule has 0 aliphatic heterocycles. The first-order valence-corrected chi connectivity index (χ1v) is 7.06. The van der Waals surface area contributed by atoms with E-state index in [1.54, 1.807) is 6.20 Å². The van der Waals surface area contributed by atoms with E-state index in [-0.39, 0.29) is 11.4 Å². The fraction of sp³-hybridized carbons (Fsp3) is 0.471. The van der Waals surface area contributed by atoms with Crippen LogP contribution in [0.3, 0.4) is 0 Å². The summed E-state index contributed by atoms with van der Waals surface area (Å²) in [5.74, 6) is 0. The molecule has 110 valence electrons. The van der Waals surface area contributed by atoms with Crippen molar-refractivity contribution in [2.75, 3.05) is 6.54 Å². The van der Waals surface area contributed by atoms with Crippen LogP contribution in [0.15, 0.2) is 36.0 Å². The number of allylic oxidation sites excluding steroid dienone is 1. The predicted molar refractivity (Wildman–Crippen MR) is 84.6 cm³/mol. The molecule has 2 N–H and O–H groups in total. The van der Waals surface area contributed by atoms with Gasteiger partial charge in [0, 0.05) is 12.7 Å². The third-order valence-corrected chi connectivity index (χ3v) is 3.38. The van der Waals surface area contributed by atoms with Crippen LogP contribution in [0.25, 0.3) is 0 Å². The summed E-state index contributed by atoms with van der Waals surface area (Å²) in [6, 6.07) is 8.19. The van der Waals surface area contributed by atoms with E-state index in [0.717, 1.165) is 12.0 Å². The number of carbonyl (C=O) groups is 1. The first-order valence-electron chi connectivity index (χ1n) is 7.06. The van der Waals surface area contributed by atoms with Crippen LogP contribution in [0.4, 0.5) is 4.79 Å². The maximum absolute atomic E-state index is 11.7. The van der Waals surface area contributed by atoms with Gasteiger partial charge in [0.2, 0.25) is 0 Å². The molecule has 0 saturated heterocycles. The third kappa shape index (κ3) is 5.91. The van der Waals surface area contributed by atoms with Crippen molar-refractivity contribution in [1.82, 2.24) is 10.6 Å². The summed E-state index contributed by atoms with van der Waals surface area (Å²) in [6.07, 6.45) is 2.62. The summed E-state index contributed by atoms with van der Waals surface area (Å²) in [7, 11) is 0. The molecule has 20 heavy (non-hydrogen) atoms. The Balaban J connectivity index is 2.34. The van der Waals surface area contributed by atoms with E-state index in [4.69, 9.17) is 0 Å². The number of hydrogen-bond donors (Lipinski definition) is 2. The zero-order valence-corrected chi connectivity index (χ0v) is 13.2.